The van der Waals surface area contributed by atoms with Crippen LogP contribution in [0.1, 0.15) is 12.8 Å². The van der Waals surface area contributed by atoms with Crippen molar-refractivity contribution in [3.63, 3.8) is 0 Å². The molecule has 1 saturated carbocycles. The number of rotatable bonds is 6. The number of halogens is 2. The van der Waals surface area contributed by atoms with Gasteiger partial charge >= 0.3 is 0 Å². The van der Waals surface area contributed by atoms with Gasteiger partial charge in [0.25, 0.3) is 0 Å². The number of hydrogen-bond acceptors (Lipinski definition) is 3. The fraction of sp³-hybridized carbons (Fsp3) is 0.500. The predicted octanol–water partition coefficient (Wildman–Crippen LogP) is 2.70. The van der Waals surface area contributed by atoms with E-state index in [4.69, 9.17) is 4.74 Å². The zero-order valence-corrected chi connectivity index (χ0v) is 12.5. The summed E-state index contributed by atoms with van der Waals surface area (Å²) in [5.74, 6) is 0.734. The van der Waals surface area contributed by atoms with Crippen LogP contribution in [0.2, 0.25) is 0 Å². The third-order valence-corrected chi connectivity index (χ3v) is 3.81. The molecule has 1 aliphatic rings. The quantitative estimate of drug-likeness (QED) is 0.815. The minimum atomic E-state index is -0.477. The summed E-state index contributed by atoms with van der Waals surface area (Å²) in [7, 11) is 0. The van der Waals surface area contributed by atoms with E-state index in [0.29, 0.717) is 19.2 Å². The van der Waals surface area contributed by atoms with Crippen molar-refractivity contribution >= 4 is 31.9 Å². The Morgan fingerprint density at radius 3 is 2.59 bits per heavy atom. The molecule has 0 spiro atoms. The molecule has 1 unspecified atom stereocenters. The lowest BCUT2D eigenvalue weighted by Gasteiger charge is -2.14. The first-order valence-electron chi connectivity index (χ1n) is 5.65. The second kappa shape index (κ2) is 6.18. The van der Waals surface area contributed by atoms with Crippen LogP contribution >= 0.6 is 31.9 Å². The normalized spacial score (nSPS) is 16.9. The first kappa shape index (κ1) is 13.3. The monoisotopic (exact) mass is 363 g/mol. The van der Waals surface area contributed by atoms with Crippen LogP contribution in [0.4, 0.5) is 0 Å². The third-order valence-electron chi connectivity index (χ3n) is 2.56. The van der Waals surface area contributed by atoms with Gasteiger partial charge in [0.2, 0.25) is 0 Å². The van der Waals surface area contributed by atoms with E-state index < -0.39 is 6.10 Å². The Balaban J connectivity index is 1.79. The molecule has 3 nitrogen and oxygen atoms in total. The molecule has 1 fully saturated rings. The van der Waals surface area contributed by atoms with Gasteiger partial charge in [-0.25, -0.2) is 0 Å². The van der Waals surface area contributed by atoms with E-state index >= 15 is 0 Å². The fourth-order valence-electron chi connectivity index (χ4n) is 1.45. The molecule has 1 aliphatic carbocycles. The molecule has 5 heteroatoms. The summed E-state index contributed by atoms with van der Waals surface area (Å²) in [6.07, 6.45) is 1.97. The molecule has 1 aromatic rings. The smallest absolute Gasteiger partial charge is 0.147 e. The lowest BCUT2D eigenvalue weighted by Crippen LogP contribution is -2.32. The van der Waals surface area contributed by atoms with E-state index in [1.807, 2.05) is 18.2 Å². The van der Waals surface area contributed by atoms with Gasteiger partial charge in [-0.1, -0.05) is 6.07 Å². The molecule has 1 aromatic carbocycles. The van der Waals surface area contributed by atoms with Crippen molar-refractivity contribution in [2.75, 3.05) is 13.2 Å². The summed E-state index contributed by atoms with van der Waals surface area (Å²) in [6.45, 7) is 0.883. The van der Waals surface area contributed by atoms with Crippen LogP contribution in [0.5, 0.6) is 5.75 Å². The Kier molecular flexibility index (Phi) is 4.85. The molecule has 0 saturated heterocycles. The van der Waals surface area contributed by atoms with Crippen LogP contribution in [0.3, 0.4) is 0 Å². The SMILES string of the molecule is OC(CNC1CC1)COc1c(Br)cccc1Br. The highest BCUT2D eigenvalue weighted by molar-refractivity contribution is 9.11. The van der Waals surface area contributed by atoms with E-state index in [1.165, 1.54) is 12.8 Å². The standard InChI is InChI=1S/C12H15Br2NO2/c13-10-2-1-3-11(14)12(10)17-7-9(16)6-15-8-4-5-8/h1-3,8-9,15-16H,4-7H2. The van der Waals surface area contributed by atoms with Crippen molar-refractivity contribution < 1.29 is 9.84 Å². The summed E-state index contributed by atoms with van der Waals surface area (Å²) >= 11 is 6.83. The molecule has 0 aromatic heterocycles. The fourth-order valence-corrected chi connectivity index (χ4v) is 2.68. The molecule has 0 amide bonds. The molecule has 94 valence electrons. The maximum absolute atomic E-state index is 9.75. The Morgan fingerprint density at radius 2 is 2.00 bits per heavy atom. The maximum Gasteiger partial charge on any atom is 0.147 e. The minimum absolute atomic E-state index is 0.293. The third kappa shape index (κ3) is 4.25. The van der Waals surface area contributed by atoms with E-state index in [-0.39, 0.29) is 0 Å². The van der Waals surface area contributed by atoms with Crippen molar-refractivity contribution in [2.24, 2.45) is 0 Å². The first-order chi connectivity index (χ1) is 8.16. The van der Waals surface area contributed by atoms with E-state index in [1.54, 1.807) is 0 Å². The predicted molar refractivity (Wildman–Crippen MR) is 74.4 cm³/mol. The van der Waals surface area contributed by atoms with Gasteiger partial charge < -0.3 is 15.2 Å². The van der Waals surface area contributed by atoms with Crippen LogP contribution in [-0.4, -0.2) is 30.4 Å². The Labute approximate surface area is 118 Å². The maximum atomic E-state index is 9.75. The van der Waals surface area contributed by atoms with E-state index in [9.17, 15) is 5.11 Å². The van der Waals surface area contributed by atoms with Crippen LogP contribution in [0.15, 0.2) is 27.1 Å². The van der Waals surface area contributed by atoms with Gasteiger partial charge in [0.05, 0.1) is 8.95 Å². The zero-order chi connectivity index (χ0) is 12.3. The van der Waals surface area contributed by atoms with Crippen molar-refractivity contribution in [2.45, 2.75) is 25.0 Å². The number of aliphatic hydroxyl groups excluding tert-OH is 1. The molecular weight excluding hydrogens is 350 g/mol. The molecule has 2 N–H and O–H groups in total. The molecular formula is C12H15Br2NO2. The van der Waals surface area contributed by atoms with Crippen molar-refractivity contribution in [3.05, 3.63) is 27.1 Å². The highest BCUT2D eigenvalue weighted by Gasteiger charge is 2.21. The lowest BCUT2D eigenvalue weighted by atomic mass is 10.3. The summed E-state index contributed by atoms with van der Waals surface area (Å²) in [4.78, 5) is 0. The molecule has 2 rings (SSSR count). The summed E-state index contributed by atoms with van der Waals surface area (Å²) in [6, 6.07) is 6.36. The van der Waals surface area contributed by atoms with Gasteiger partial charge in [0.15, 0.2) is 0 Å². The van der Waals surface area contributed by atoms with Gasteiger partial charge in [-0.3, -0.25) is 0 Å². The summed E-state index contributed by atoms with van der Waals surface area (Å²) < 4.78 is 7.37. The Hall–Kier alpha value is -0.100. The largest absolute Gasteiger partial charge is 0.488 e. The second-order valence-electron chi connectivity index (χ2n) is 4.20. The van der Waals surface area contributed by atoms with Gasteiger partial charge in [0.1, 0.15) is 18.5 Å². The van der Waals surface area contributed by atoms with Crippen molar-refractivity contribution in [1.82, 2.24) is 5.32 Å². The van der Waals surface area contributed by atoms with E-state index in [0.717, 1.165) is 14.7 Å². The Bertz CT molecular complexity index is 363. The molecule has 17 heavy (non-hydrogen) atoms. The number of aliphatic hydroxyl groups is 1. The second-order valence-corrected chi connectivity index (χ2v) is 5.91. The highest BCUT2D eigenvalue weighted by atomic mass is 79.9. The number of ether oxygens (including phenoxy) is 1. The van der Waals surface area contributed by atoms with Crippen molar-refractivity contribution in [3.8, 4) is 5.75 Å². The topological polar surface area (TPSA) is 41.5 Å². The first-order valence-corrected chi connectivity index (χ1v) is 7.23. The molecule has 0 radical (unpaired) electrons. The van der Waals surface area contributed by atoms with Crippen LogP contribution in [0.25, 0.3) is 0 Å². The zero-order valence-electron chi connectivity index (χ0n) is 9.33. The van der Waals surface area contributed by atoms with Gasteiger partial charge in [-0.2, -0.15) is 0 Å². The highest BCUT2D eigenvalue weighted by Crippen LogP contribution is 2.32. The number of para-hydroxylation sites is 1. The van der Waals surface area contributed by atoms with Crippen molar-refractivity contribution in [1.29, 1.82) is 0 Å². The van der Waals surface area contributed by atoms with E-state index in [2.05, 4.69) is 37.2 Å². The number of hydrogen-bond donors (Lipinski definition) is 2. The average molecular weight is 365 g/mol. The van der Waals surface area contributed by atoms with Crippen LogP contribution in [0, 0.1) is 0 Å². The number of benzene rings is 1. The number of nitrogens with one attached hydrogen (secondary N) is 1. The molecule has 0 bridgehead atoms. The average Bonchev–Trinajstić information content (AvgIpc) is 3.09. The van der Waals surface area contributed by atoms with Crippen LogP contribution < -0.4 is 10.1 Å². The lowest BCUT2D eigenvalue weighted by molar-refractivity contribution is 0.105. The molecule has 0 heterocycles. The molecule has 0 aliphatic heterocycles. The van der Waals surface area contributed by atoms with Crippen LogP contribution in [-0.2, 0) is 0 Å². The van der Waals surface area contributed by atoms with Gasteiger partial charge in [-0.15, -0.1) is 0 Å². The van der Waals surface area contributed by atoms with Gasteiger partial charge in [-0.05, 0) is 56.8 Å². The summed E-state index contributed by atoms with van der Waals surface area (Å²) in [5.41, 5.74) is 0. The Morgan fingerprint density at radius 1 is 1.35 bits per heavy atom. The molecule has 1 atom stereocenters. The summed E-state index contributed by atoms with van der Waals surface area (Å²) in [5, 5.41) is 13.0. The minimum Gasteiger partial charge on any atom is -0.488 e. The van der Waals surface area contributed by atoms with Gasteiger partial charge in [0, 0.05) is 12.6 Å².